The largest absolute Gasteiger partial charge is 0.502 e. The fraction of sp³-hybridized carbons (Fsp3) is 0.188. The van der Waals surface area contributed by atoms with Crippen molar-refractivity contribution < 1.29 is 14.3 Å². The first-order valence-electron chi connectivity index (χ1n) is 6.41. The van der Waals surface area contributed by atoms with Crippen LogP contribution in [0.2, 0.25) is 0 Å². The maximum Gasteiger partial charge on any atom is 0.202 e. The summed E-state index contributed by atoms with van der Waals surface area (Å²) in [6, 6.07) is 4.60. The predicted octanol–water partition coefficient (Wildman–Crippen LogP) is 3.24. The van der Waals surface area contributed by atoms with E-state index in [1.165, 1.54) is 13.2 Å². The predicted molar refractivity (Wildman–Crippen MR) is 77.1 cm³/mol. The lowest BCUT2D eigenvalue weighted by Crippen LogP contribution is -2.02. The van der Waals surface area contributed by atoms with E-state index in [-0.39, 0.29) is 22.5 Å². The quantitative estimate of drug-likeness (QED) is 0.910. The lowest BCUT2D eigenvalue weighted by atomic mass is 10.0. The summed E-state index contributed by atoms with van der Waals surface area (Å²) in [4.78, 5) is 12.1. The molecule has 3 rings (SSSR count). The molecule has 1 aliphatic rings. The molecule has 1 aromatic carbocycles. The highest BCUT2D eigenvalue weighted by Crippen LogP contribution is 2.34. The summed E-state index contributed by atoms with van der Waals surface area (Å²) in [6.07, 6.45) is 7.87. The molecule has 0 fully saturated rings. The number of aromatic hydroxyl groups is 1. The lowest BCUT2D eigenvalue weighted by molar-refractivity contribution is 0.371. The number of phenols is 1. The van der Waals surface area contributed by atoms with Crippen molar-refractivity contribution in [1.82, 2.24) is 0 Å². The highest BCUT2D eigenvalue weighted by Gasteiger charge is 2.14. The summed E-state index contributed by atoms with van der Waals surface area (Å²) in [6.45, 7) is 0. The standard InChI is InChI=1S/C16H14O4/c1-19-13-8-7-11-12(17)9-14(20-16(11)15(13)18)10-5-3-2-4-6-10/h3,5-9,18H,2,4H2,1H3. The molecular formula is C16H14O4. The zero-order chi connectivity index (χ0) is 14.1. The van der Waals surface area contributed by atoms with Crippen LogP contribution in [-0.4, -0.2) is 12.2 Å². The van der Waals surface area contributed by atoms with Crippen LogP contribution in [-0.2, 0) is 0 Å². The topological polar surface area (TPSA) is 59.7 Å². The molecule has 0 radical (unpaired) electrons. The van der Waals surface area contributed by atoms with E-state index < -0.39 is 0 Å². The molecule has 1 aromatic heterocycles. The normalized spacial score (nSPS) is 14.3. The second-order valence-electron chi connectivity index (χ2n) is 4.61. The number of phenolic OH excluding ortho intramolecular Hbond substituents is 1. The van der Waals surface area contributed by atoms with Crippen LogP contribution in [0.15, 0.2) is 45.6 Å². The van der Waals surface area contributed by atoms with E-state index in [4.69, 9.17) is 9.15 Å². The van der Waals surface area contributed by atoms with Gasteiger partial charge in [-0.05, 0) is 25.0 Å². The Kier molecular flexibility index (Phi) is 3.06. The minimum Gasteiger partial charge on any atom is -0.502 e. The van der Waals surface area contributed by atoms with Crippen molar-refractivity contribution in [1.29, 1.82) is 0 Å². The van der Waals surface area contributed by atoms with Gasteiger partial charge in [-0.1, -0.05) is 18.2 Å². The number of benzene rings is 1. The van der Waals surface area contributed by atoms with Gasteiger partial charge < -0.3 is 14.3 Å². The van der Waals surface area contributed by atoms with Gasteiger partial charge in [0.15, 0.2) is 16.8 Å². The van der Waals surface area contributed by atoms with Gasteiger partial charge in [0.25, 0.3) is 0 Å². The molecule has 0 amide bonds. The van der Waals surface area contributed by atoms with E-state index in [0.29, 0.717) is 11.1 Å². The van der Waals surface area contributed by atoms with E-state index in [9.17, 15) is 9.90 Å². The van der Waals surface area contributed by atoms with Crippen LogP contribution < -0.4 is 10.2 Å². The van der Waals surface area contributed by atoms with Crippen molar-refractivity contribution >= 4 is 16.5 Å². The van der Waals surface area contributed by atoms with Gasteiger partial charge in [-0.2, -0.15) is 0 Å². The fourth-order valence-electron chi connectivity index (χ4n) is 2.29. The molecule has 4 heteroatoms. The number of methoxy groups -OCH3 is 1. The summed E-state index contributed by atoms with van der Waals surface area (Å²) < 4.78 is 10.7. The molecule has 0 bridgehead atoms. The Balaban J connectivity index is 2.27. The molecule has 0 saturated heterocycles. The second kappa shape index (κ2) is 4.89. The highest BCUT2D eigenvalue weighted by atomic mass is 16.5. The van der Waals surface area contributed by atoms with Crippen molar-refractivity contribution in [3.8, 4) is 11.5 Å². The SMILES string of the molecule is COc1ccc2c(=O)cc(C3=CCCC=C3)oc2c1O. The van der Waals surface area contributed by atoms with Crippen LogP contribution in [0.25, 0.3) is 16.5 Å². The Morgan fingerprint density at radius 2 is 2.15 bits per heavy atom. The number of allylic oxidation sites excluding steroid dienone is 4. The molecular weight excluding hydrogens is 256 g/mol. The van der Waals surface area contributed by atoms with Crippen molar-refractivity contribution in [2.24, 2.45) is 0 Å². The molecule has 20 heavy (non-hydrogen) atoms. The average Bonchev–Trinajstić information content (AvgIpc) is 2.49. The zero-order valence-corrected chi connectivity index (χ0v) is 11.1. The van der Waals surface area contributed by atoms with Crippen molar-refractivity contribution in [2.75, 3.05) is 7.11 Å². The molecule has 0 aliphatic heterocycles. The number of fused-ring (bicyclic) bond motifs is 1. The van der Waals surface area contributed by atoms with Crippen molar-refractivity contribution in [3.05, 3.63) is 52.4 Å². The number of rotatable bonds is 2. The molecule has 0 unspecified atom stereocenters. The Morgan fingerprint density at radius 3 is 2.85 bits per heavy atom. The maximum absolute atomic E-state index is 12.1. The summed E-state index contributed by atoms with van der Waals surface area (Å²) >= 11 is 0. The van der Waals surface area contributed by atoms with Crippen LogP contribution in [0.1, 0.15) is 18.6 Å². The molecule has 0 saturated carbocycles. The van der Waals surface area contributed by atoms with E-state index >= 15 is 0 Å². The monoisotopic (exact) mass is 270 g/mol. The first-order valence-corrected chi connectivity index (χ1v) is 6.41. The third kappa shape index (κ3) is 1.99. The van der Waals surface area contributed by atoms with Crippen LogP contribution in [0.4, 0.5) is 0 Å². The zero-order valence-electron chi connectivity index (χ0n) is 11.1. The third-order valence-electron chi connectivity index (χ3n) is 3.33. The van der Waals surface area contributed by atoms with Crippen LogP contribution in [0, 0.1) is 0 Å². The van der Waals surface area contributed by atoms with E-state index in [1.807, 2.05) is 18.2 Å². The molecule has 0 spiro atoms. The van der Waals surface area contributed by atoms with Gasteiger partial charge in [-0.15, -0.1) is 0 Å². The van der Waals surface area contributed by atoms with Gasteiger partial charge in [-0.3, -0.25) is 4.79 Å². The molecule has 4 nitrogen and oxygen atoms in total. The average molecular weight is 270 g/mol. The Morgan fingerprint density at radius 1 is 1.30 bits per heavy atom. The summed E-state index contributed by atoms with van der Waals surface area (Å²) in [5, 5.41) is 10.4. The third-order valence-corrected chi connectivity index (χ3v) is 3.33. The minimum atomic E-state index is -0.181. The van der Waals surface area contributed by atoms with E-state index in [0.717, 1.165) is 18.4 Å². The molecule has 1 N–H and O–H groups in total. The molecule has 1 heterocycles. The van der Waals surface area contributed by atoms with Crippen molar-refractivity contribution in [2.45, 2.75) is 12.8 Å². The second-order valence-corrected chi connectivity index (χ2v) is 4.61. The Labute approximate surface area is 115 Å². The summed E-state index contributed by atoms with van der Waals surface area (Å²) in [7, 11) is 1.45. The van der Waals surface area contributed by atoms with Gasteiger partial charge in [0, 0.05) is 11.6 Å². The molecule has 0 atom stereocenters. The van der Waals surface area contributed by atoms with Crippen LogP contribution >= 0.6 is 0 Å². The van der Waals surface area contributed by atoms with Gasteiger partial charge in [0.05, 0.1) is 12.5 Å². The number of hydrogen-bond acceptors (Lipinski definition) is 4. The van der Waals surface area contributed by atoms with Crippen LogP contribution in [0.5, 0.6) is 11.5 Å². The lowest BCUT2D eigenvalue weighted by Gasteiger charge is -2.09. The maximum atomic E-state index is 12.1. The van der Waals surface area contributed by atoms with Gasteiger partial charge >= 0.3 is 0 Å². The highest BCUT2D eigenvalue weighted by molar-refractivity contribution is 5.86. The first-order chi connectivity index (χ1) is 9.70. The molecule has 1 aliphatic carbocycles. The van der Waals surface area contributed by atoms with Gasteiger partial charge in [0.2, 0.25) is 5.75 Å². The van der Waals surface area contributed by atoms with E-state index in [1.54, 1.807) is 12.1 Å². The van der Waals surface area contributed by atoms with E-state index in [2.05, 4.69) is 0 Å². The summed E-state index contributed by atoms with van der Waals surface area (Å²) in [5.41, 5.74) is 0.836. The Bertz CT molecular complexity index is 781. The van der Waals surface area contributed by atoms with Gasteiger partial charge in [-0.25, -0.2) is 0 Å². The molecule has 2 aromatic rings. The van der Waals surface area contributed by atoms with Crippen LogP contribution in [0.3, 0.4) is 0 Å². The molecule has 102 valence electrons. The Hall–Kier alpha value is -2.49. The number of hydrogen-bond donors (Lipinski definition) is 1. The summed E-state index contributed by atoms with van der Waals surface area (Å²) in [5.74, 6) is 0.595. The minimum absolute atomic E-state index is 0.149. The number of ether oxygens (including phenoxy) is 1. The van der Waals surface area contributed by atoms with Crippen molar-refractivity contribution in [3.63, 3.8) is 0 Å². The smallest absolute Gasteiger partial charge is 0.202 e. The van der Waals surface area contributed by atoms with Gasteiger partial charge in [0.1, 0.15) is 5.76 Å². The first kappa shape index (κ1) is 12.5. The fourth-order valence-corrected chi connectivity index (χ4v) is 2.29.